The third-order valence-corrected chi connectivity index (χ3v) is 5.90. The number of nitrogens with one attached hydrogen (secondary N) is 1. The van der Waals surface area contributed by atoms with E-state index in [1.165, 1.54) is 18.2 Å². The van der Waals surface area contributed by atoms with Crippen molar-refractivity contribution in [3.8, 4) is 0 Å². The first-order valence-electron chi connectivity index (χ1n) is 10.0. The Morgan fingerprint density at radius 1 is 1.21 bits per heavy atom. The number of aliphatic hydroxyl groups is 2. The van der Waals surface area contributed by atoms with Crippen molar-refractivity contribution >= 4 is 40.0 Å². The number of aromatic nitrogens is 1. The lowest BCUT2D eigenvalue weighted by Gasteiger charge is -2.22. The molecule has 34 heavy (non-hydrogen) atoms. The standard InChI is InChI=1S/C22H18ClF4N3O4/c23-13-5-12(6-14(24)7-13)9-28-19(32)21(34)3-4-30(20(21)33)15-1-2-18-16(8-15)17(22(25,26)27)10-29(18)11-31/h1-2,5-8,10,31,34H,3-4,9,11H2,(H,28,32). The van der Waals surface area contributed by atoms with Crippen LogP contribution < -0.4 is 10.2 Å². The molecule has 12 heteroatoms. The van der Waals surface area contributed by atoms with Gasteiger partial charge in [0.25, 0.3) is 11.8 Å². The quantitative estimate of drug-likeness (QED) is 0.371. The first-order chi connectivity index (χ1) is 15.9. The molecule has 0 bridgehead atoms. The monoisotopic (exact) mass is 499 g/mol. The summed E-state index contributed by atoms with van der Waals surface area (Å²) in [5.74, 6) is -2.65. The largest absolute Gasteiger partial charge is 0.418 e. The van der Waals surface area contributed by atoms with Gasteiger partial charge < -0.3 is 25.0 Å². The number of alkyl halides is 3. The number of hydrogen-bond acceptors (Lipinski definition) is 4. The molecule has 0 spiro atoms. The Balaban J connectivity index is 1.58. The van der Waals surface area contributed by atoms with Crippen molar-refractivity contribution in [2.45, 2.75) is 31.5 Å². The Hall–Kier alpha value is -3.15. The van der Waals surface area contributed by atoms with E-state index in [0.717, 1.165) is 33.9 Å². The lowest BCUT2D eigenvalue weighted by Crippen LogP contribution is -2.52. The molecular formula is C22H18ClF4N3O4. The molecule has 0 saturated carbocycles. The third-order valence-electron chi connectivity index (χ3n) is 5.68. The number of hydrogen-bond donors (Lipinski definition) is 3. The summed E-state index contributed by atoms with van der Waals surface area (Å²) >= 11 is 5.77. The fourth-order valence-corrected chi connectivity index (χ4v) is 4.24. The molecule has 1 aliphatic rings. The number of carbonyl (C=O) groups is 2. The SMILES string of the molecule is O=C(NCc1cc(F)cc(Cl)c1)C1(O)CCN(c2ccc3c(c2)c(C(F)(F)F)cn3CO)C1=O. The zero-order valence-corrected chi connectivity index (χ0v) is 18.1. The average Bonchev–Trinajstić information content (AvgIpc) is 3.29. The Kier molecular flexibility index (Phi) is 6.05. The minimum atomic E-state index is -4.70. The van der Waals surface area contributed by atoms with Crippen LogP contribution in [-0.4, -0.2) is 38.7 Å². The van der Waals surface area contributed by atoms with E-state index in [1.807, 2.05) is 0 Å². The van der Waals surface area contributed by atoms with Gasteiger partial charge in [0.1, 0.15) is 12.5 Å². The van der Waals surface area contributed by atoms with E-state index in [0.29, 0.717) is 5.56 Å². The summed E-state index contributed by atoms with van der Waals surface area (Å²) in [6.07, 6.45) is -4.24. The van der Waals surface area contributed by atoms with E-state index in [-0.39, 0.29) is 41.1 Å². The number of carbonyl (C=O) groups excluding carboxylic acids is 2. The minimum absolute atomic E-state index is 0.0549. The summed E-state index contributed by atoms with van der Waals surface area (Å²) in [7, 11) is 0. The second-order valence-electron chi connectivity index (χ2n) is 7.88. The number of amides is 2. The molecule has 1 unspecified atom stereocenters. The number of halogens is 5. The van der Waals surface area contributed by atoms with E-state index in [2.05, 4.69) is 5.32 Å². The van der Waals surface area contributed by atoms with Gasteiger partial charge in [-0.2, -0.15) is 13.2 Å². The van der Waals surface area contributed by atoms with Crippen LogP contribution in [0, 0.1) is 5.82 Å². The summed E-state index contributed by atoms with van der Waals surface area (Å²) in [6, 6.07) is 7.42. The fraction of sp³-hybridized carbons (Fsp3) is 0.273. The Labute approximate surface area is 195 Å². The van der Waals surface area contributed by atoms with Crippen LogP contribution in [0.5, 0.6) is 0 Å². The lowest BCUT2D eigenvalue weighted by molar-refractivity contribution is -0.149. The molecule has 4 rings (SSSR count). The van der Waals surface area contributed by atoms with E-state index in [9.17, 15) is 37.4 Å². The van der Waals surface area contributed by atoms with E-state index in [4.69, 9.17) is 11.6 Å². The zero-order valence-electron chi connectivity index (χ0n) is 17.4. The molecule has 1 atom stereocenters. The van der Waals surface area contributed by atoms with Crippen molar-refractivity contribution in [2.75, 3.05) is 11.4 Å². The highest BCUT2D eigenvalue weighted by atomic mass is 35.5. The number of rotatable bonds is 5. The number of aliphatic hydroxyl groups excluding tert-OH is 1. The molecule has 2 heterocycles. The Morgan fingerprint density at radius 2 is 1.94 bits per heavy atom. The van der Waals surface area contributed by atoms with Crippen molar-refractivity contribution in [1.29, 1.82) is 0 Å². The summed E-state index contributed by atoms with van der Waals surface area (Å²) < 4.78 is 54.9. The first kappa shape index (κ1) is 24.0. The summed E-state index contributed by atoms with van der Waals surface area (Å²) in [6.45, 7) is -1.01. The van der Waals surface area contributed by atoms with Crippen molar-refractivity contribution in [1.82, 2.24) is 9.88 Å². The van der Waals surface area contributed by atoms with Crippen LogP contribution in [0.15, 0.2) is 42.6 Å². The maximum Gasteiger partial charge on any atom is 0.418 e. The third kappa shape index (κ3) is 4.22. The van der Waals surface area contributed by atoms with Gasteiger partial charge in [-0.3, -0.25) is 9.59 Å². The van der Waals surface area contributed by atoms with Crippen molar-refractivity contribution in [3.05, 3.63) is 64.6 Å². The van der Waals surface area contributed by atoms with Crippen LogP contribution in [0.1, 0.15) is 17.5 Å². The van der Waals surface area contributed by atoms with Gasteiger partial charge in [-0.05, 0) is 42.0 Å². The molecular weight excluding hydrogens is 482 g/mol. The molecule has 1 aliphatic heterocycles. The van der Waals surface area contributed by atoms with Crippen LogP contribution in [0.4, 0.5) is 23.2 Å². The van der Waals surface area contributed by atoms with Gasteiger partial charge in [-0.1, -0.05) is 11.6 Å². The van der Waals surface area contributed by atoms with E-state index >= 15 is 0 Å². The molecule has 1 fully saturated rings. The predicted octanol–water partition coefficient (Wildman–Crippen LogP) is 3.19. The normalized spacial score (nSPS) is 18.7. The van der Waals surface area contributed by atoms with E-state index in [1.54, 1.807) is 0 Å². The molecule has 1 aromatic heterocycles. The molecule has 1 saturated heterocycles. The first-order valence-corrected chi connectivity index (χ1v) is 10.4. The van der Waals surface area contributed by atoms with Gasteiger partial charge in [0.2, 0.25) is 5.60 Å². The van der Waals surface area contributed by atoms with Crippen LogP contribution in [0.3, 0.4) is 0 Å². The van der Waals surface area contributed by atoms with Crippen molar-refractivity contribution in [3.63, 3.8) is 0 Å². The zero-order chi connectivity index (χ0) is 24.8. The number of benzene rings is 2. The van der Waals surface area contributed by atoms with Gasteiger partial charge in [0.15, 0.2) is 0 Å². The number of anilines is 1. The number of nitrogens with zero attached hydrogens (tertiary/aromatic N) is 2. The van der Waals surface area contributed by atoms with E-state index < -0.39 is 41.7 Å². The second-order valence-corrected chi connectivity index (χ2v) is 8.32. The molecule has 2 amide bonds. The highest BCUT2D eigenvalue weighted by Crippen LogP contribution is 2.39. The highest BCUT2D eigenvalue weighted by Gasteiger charge is 2.51. The maximum atomic E-state index is 13.5. The molecule has 2 aromatic carbocycles. The minimum Gasteiger partial charge on any atom is -0.376 e. The van der Waals surface area contributed by atoms with Gasteiger partial charge in [-0.25, -0.2) is 4.39 Å². The van der Waals surface area contributed by atoms with Crippen LogP contribution >= 0.6 is 11.6 Å². The molecule has 3 aromatic rings. The fourth-order valence-electron chi connectivity index (χ4n) is 4.00. The maximum absolute atomic E-state index is 13.5. The van der Waals surface area contributed by atoms with Gasteiger partial charge in [-0.15, -0.1) is 0 Å². The molecule has 7 nitrogen and oxygen atoms in total. The van der Waals surface area contributed by atoms with Crippen LogP contribution in [0.25, 0.3) is 10.9 Å². The molecule has 0 aliphatic carbocycles. The van der Waals surface area contributed by atoms with Gasteiger partial charge >= 0.3 is 6.18 Å². The second kappa shape index (κ2) is 8.57. The van der Waals surface area contributed by atoms with Crippen LogP contribution in [0.2, 0.25) is 5.02 Å². The topological polar surface area (TPSA) is 94.8 Å². The molecule has 0 radical (unpaired) electrons. The Morgan fingerprint density at radius 3 is 2.59 bits per heavy atom. The summed E-state index contributed by atoms with van der Waals surface area (Å²) in [4.78, 5) is 26.6. The van der Waals surface area contributed by atoms with Gasteiger partial charge in [0.05, 0.1) is 11.1 Å². The molecule has 3 N–H and O–H groups in total. The summed E-state index contributed by atoms with van der Waals surface area (Å²) in [5, 5.41) is 22.4. The lowest BCUT2D eigenvalue weighted by atomic mass is 10.0. The Bertz CT molecular complexity index is 1270. The van der Waals surface area contributed by atoms with Crippen molar-refractivity contribution < 1.29 is 37.4 Å². The summed E-state index contributed by atoms with van der Waals surface area (Å²) in [5.41, 5.74) is -2.98. The van der Waals surface area contributed by atoms with Crippen molar-refractivity contribution in [2.24, 2.45) is 0 Å². The average molecular weight is 500 g/mol. The van der Waals surface area contributed by atoms with Crippen LogP contribution in [-0.2, 0) is 29.0 Å². The smallest absolute Gasteiger partial charge is 0.376 e. The molecule has 180 valence electrons. The highest BCUT2D eigenvalue weighted by molar-refractivity contribution is 6.30. The number of fused-ring (bicyclic) bond motifs is 1. The van der Waals surface area contributed by atoms with Gasteiger partial charge in [0, 0.05) is 41.8 Å². The predicted molar refractivity (Wildman–Crippen MR) is 114 cm³/mol.